The number of aliphatic hydroxyl groups excluding tert-OH is 1. The third-order valence-electron chi connectivity index (χ3n) is 2.99. The van der Waals surface area contributed by atoms with Crippen LogP contribution in [0.3, 0.4) is 0 Å². The fraction of sp³-hybridized carbons (Fsp3) is 0.769. The van der Waals surface area contributed by atoms with Crippen LogP contribution in [0, 0.1) is 5.92 Å². The van der Waals surface area contributed by atoms with E-state index in [1.54, 1.807) is 0 Å². The number of amides is 2. The summed E-state index contributed by atoms with van der Waals surface area (Å²) in [5.41, 5.74) is 0. The van der Waals surface area contributed by atoms with E-state index >= 15 is 0 Å². The summed E-state index contributed by atoms with van der Waals surface area (Å²) in [6, 6.07) is -0.345. The van der Waals surface area contributed by atoms with Gasteiger partial charge in [-0.3, -0.25) is 5.32 Å². The van der Waals surface area contributed by atoms with Crippen LogP contribution in [0.15, 0.2) is 0 Å². The number of unbranched alkanes of at least 4 members (excludes halogenated alkanes) is 1. The number of anilines is 1. The molecule has 1 unspecified atom stereocenters. The fourth-order valence-electron chi connectivity index (χ4n) is 1.75. The van der Waals surface area contributed by atoms with Gasteiger partial charge in [0.25, 0.3) is 0 Å². The van der Waals surface area contributed by atoms with Gasteiger partial charge in [0.05, 0.1) is 0 Å². The molecule has 114 valence electrons. The van der Waals surface area contributed by atoms with Crippen LogP contribution in [0.1, 0.15) is 45.0 Å². The molecule has 7 heteroatoms. The highest BCUT2D eigenvalue weighted by Crippen LogP contribution is 2.17. The number of aryl methyl sites for hydroxylation is 1. The summed E-state index contributed by atoms with van der Waals surface area (Å²) >= 11 is 1.41. The number of carbonyl (C=O) groups is 1. The van der Waals surface area contributed by atoms with E-state index in [1.165, 1.54) is 11.3 Å². The van der Waals surface area contributed by atoms with Crippen molar-refractivity contribution in [2.75, 3.05) is 11.9 Å². The summed E-state index contributed by atoms with van der Waals surface area (Å²) < 4.78 is 0. The molecule has 1 aromatic rings. The molecule has 0 bridgehead atoms. The van der Waals surface area contributed by atoms with E-state index in [0.717, 1.165) is 24.3 Å². The van der Waals surface area contributed by atoms with E-state index in [0.29, 0.717) is 11.6 Å². The molecule has 0 aliphatic carbocycles. The summed E-state index contributed by atoms with van der Waals surface area (Å²) in [6.07, 6.45) is 3.63. The highest BCUT2D eigenvalue weighted by Gasteiger charge is 2.16. The minimum Gasteiger partial charge on any atom is -0.396 e. The van der Waals surface area contributed by atoms with Crippen molar-refractivity contribution in [2.45, 2.75) is 52.5 Å². The number of nitrogens with one attached hydrogen (secondary N) is 2. The first-order valence-corrected chi connectivity index (χ1v) is 7.89. The van der Waals surface area contributed by atoms with Gasteiger partial charge in [-0.2, -0.15) is 0 Å². The SMILES string of the molecule is CCCCc1nnc(NC(=O)NC(CCO)C(C)C)s1. The Hall–Kier alpha value is -1.21. The first kappa shape index (κ1) is 16.8. The Balaban J connectivity index is 2.46. The Labute approximate surface area is 124 Å². The van der Waals surface area contributed by atoms with Gasteiger partial charge in [-0.25, -0.2) is 4.79 Å². The number of nitrogens with zero attached hydrogens (tertiary/aromatic N) is 2. The molecule has 0 fully saturated rings. The number of urea groups is 1. The number of hydrogen-bond acceptors (Lipinski definition) is 5. The van der Waals surface area contributed by atoms with Crippen molar-refractivity contribution in [2.24, 2.45) is 5.92 Å². The molecule has 1 atom stereocenters. The molecule has 0 aliphatic rings. The monoisotopic (exact) mass is 300 g/mol. The zero-order valence-electron chi connectivity index (χ0n) is 12.3. The van der Waals surface area contributed by atoms with Crippen molar-refractivity contribution in [3.8, 4) is 0 Å². The maximum absolute atomic E-state index is 11.9. The van der Waals surface area contributed by atoms with Gasteiger partial charge >= 0.3 is 6.03 Å². The molecule has 1 rings (SSSR count). The Kier molecular flexibility index (Phi) is 7.46. The Morgan fingerprint density at radius 1 is 1.40 bits per heavy atom. The van der Waals surface area contributed by atoms with Crippen molar-refractivity contribution in [3.63, 3.8) is 0 Å². The number of carbonyl (C=O) groups excluding carboxylic acids is 1. The molecule has 2 amide bonds. The van der Waals surface area contributed by atoms with Crippen LogP contribution in [-0.2, 0) is 6.42 Å². The van der Waals surface area contributed by atoms with Gasteiger partial charge in [-0.15, -0.1) is 10.2 Å². The van der Waals surface area contributed by atoms with E-state index in [9.17, 15) is 4.79 Å². The third kappa shape index (κ3) is 5.83. The first-order valence-electron chi connectivity index (χ1n) is 7.07. The minimum atomic E-state index is -0.296. The van der Waals surface area contributed by atoms with Crippen molar-refractivity contribution < 1.29 is 9.90 Å². The maximum atomic E-state index is 11.9. The topological polar surface area (TPSA) is 87.1 Å². The van der Waals surface area contributed by atoms with Crippen LogP contribution in [0.5, 0.6) is 0 Å². The van der Waals surface area contributed by atoms with E-state index < -0.39 is 0 Å². The predicted octanol–water partition coefficient (Wildman–Crippen LogP) is 2.41. The average Bonchev–Trinajstić information content (AvgIpc) is 2.83. The van der Waals surface area contributed by atoms with Gasteiger partial charge in [0.2, 0.25) is 5.13 Å². The molecule has 0 radical (unpaired) electrons. The molecule has 0 saturated heterocycles. The molecule has 0 aromatic carbocycles. The molecule has 1 heterocycles. The summed E-state index contributed by atoms with van der Waals surface area (Å²) in [4.78, 5) is 11.9. The zero-order chi connectivity index (χ0) is 15.0. The molecule has 0 saturated carbocycles. The highest BCUT2D eigenvalue weighted by molar-refractivity contribution is 7.15. The van der Waals surface area contributed by atoms with Gasteiger partial charge in [0.15, 0.2) is 0 Å². The summed E-state index contributed by atoms with van der Waals surface area (Å²) in [6.45, 7) is 6.20. The van der Waals surface area contributed by atoms with Crippen LogP contribution >= 0.6 is 11.3 Å². The smallest absolute Gasteiger partial charge is 0.321 e. The van der Waals surface area contributed by atoms with Crippen LogP contribution in [0.2, 0.25) is 0 Å². The minimum absolute atomic E-state index is 0.0486. The fourth-order valence-corrected chi connectivity index (χ4v) is 2.52. The van der Waals surface area contributed by atoms with Crippen LogP contribution in [0.25, 0.3) is 0 Å². The molecule has 1 aromatic heterocycles. The largest absolute Gasteiger partial charge is 0.396 e. The van der Waals surface area contributed by atoms with Gasteiger partial charge in [-0.05, 0) is 18.8 Å². The normalized spacial score (nSPS) is 12.4. The Morgan fingerprint density at radius 3 is 2.75 bits per heavy atom. The second kappa shape index (κ2) is 8.86. The molecule has 20 heavy (non-hydrogen) atoms. The number of rotatable bonds is 8. The molecule has 0 aliphatic heterocycles. The molecular weight excluding hydrogens is 276 g/mol. The van der Waals surface area contributed by atoms with E-state index in [4.69, 9.17) is 5.11 Å². The van der Waals surface area contributed by atoms with Crippen molar-refractivity contribution >= 4 is 22.5 Å². The highest BCUT2D eigenvalue weighted by atomic mass is 32.1. The second-order valence-corrected chi connectivity index (χ2v) is 6.13. The molecular formula is C13H24N4O2S. The molecule has 6 nitrogen and oxygen atoms in total. The third-order valence-corrected chi connectivity index (χ3v) is 3.89. The lowest BCUT2D eigenvalue weighted by Crippen LogP contribution is -2.41. The Bertz CT molecular complexity index is 409. The van der Waals surface area contributed by atoms with E-state index in [2.05, 4.69) is 27.8 Å². The van der Waals surface area contributed by atoms with Crippen LogP contribution in [-0.4, -0.2) is 34.0 Å². The summed E-state index contributed by atoms with van der Waals surface area (Å²) in [7, 11) is 0. The van der Waals surface area contributed by atoms with Gasteiger partial charge < -0.3 is 10.4 Å². The average molecular weight is 300 g/mol. The maximum Gasteiger partial charge on any atom is 0.321 e. The van der Waals surface area contributed by atoms with Crippen molar-refractivity contribution in [3.05, 3.63) is 5.01 Å². The lowest BCUT2D eigenvalue weighted by molar-refractivity contribution is 0.227. The number of hydrogen-bond donors (Lipinski definition) is 3. The number of aromatic nitrogens is 2. The van der Waals surface area contributed by atoms with Gasteiger partial charge in [0, 0.05) is 19.1 Å². The van der Waals surface area contributed by atoms with Crippen molar-refractivity contribution in [1.82, 2.24) is 15.5 Å². The first-order chi connectivity index (χ1) is 9.56. The van der Waals surface area contributed by atoms with Crippen LogP contribution < -0.4 is 10.6 Å². The van der Waals surface area contributed by atoms with E-state index in [1.807, 2.05) is 13.8 Å². The van der Waals surface area contributed by atoms with Crippen molar-refractivity contribution in [1.29, 1.82) is 0 Å². The molecule has 3 N–H and O–H groups in total. The number of aliphatic hydroxyl groups is 1. The Morgan fingerprint density at radius 2 is 2.15 bits per heavy atom. The van der Waals surface area contributed by atoms with Gasteiger partial charge in [-0.1, -0.05) is 38.5 Å². The van der Waals surface area contributed by atoms with Gasteiger partial charge in [0.1, 0.15) is 5.01 Å². The lowest BCUT2D eigenvalue weighted by atomic mass is 10.0. The predicted molar refractivity (Wildman–Crippen MR) is 81.0 cm³/mol. The van der Waals surface area contributed by atoms with Crippen LogP contribution in [0.4, 0.5) is 9.93 Å². The summed E-state index contributed by atoms with van der Waals surface area (Å²) in [5, 5.41) is 24.0. The molecule has 0 spiro atoms. The lowest BCUT2D eigenvalue weighted by Gasteiger charge is -2.21. The summed E-state index contributed by atoms with van der Waals surface area (Å²) in [5.74, 6) is 0.266. The standard InChI is InChI=1S/C13H24N4O2S/c1-4-5-6-11-16-17-13(20-11)15-12(19)14-10(7-8-18)9(2)3/h9-10,18H,4-8H2,1-3H3,(H2,14,15,17,19). The quantitative estimate of drug-likeness (QED) is 0.688. The van der Waals surface area contributed by atoms with E-state index in [-0.39, 0.29) is 24.6 Å². The second-order valence-electron chi connectivity index (χ2n) is 5.07. The zero-order valence-corrected chi connectivity index (χ0v) is 13.2.